The molecule has 160 valence electrons. The van der Waals surface area contributed by atoms with E-state index in [0.29, 0.717) is 24.4 Å². The van der Waals surface area contributed by atoms with Crippen LogP contribution in [0.1, 0.15) is 37.3 Å². The maximum atomic E-state index is 14.1. The monoisotopic (exact) mass is 414 g/mol. The van der Waals surface area contributed by atoms with E-state index in [0.717, 1.165) is 38.3 Å². The van der Waals surface area contributed by atoms with Crippen molar-refractivity contribution in [3.63, 3.8) is 0 Å². The number of piperidine rings is 1. The highest BCUT2D eigenvalue weighted by molar-refractivity contribution is 5.94. The summed E-state index contributed by atoms with van der Waals surface area (Å²) in [6.07, 6.45) is 4.49. The summed E-state index contributed by atoms with van der Waals surface area (Å²) in [5, 5.41) is 7.67. The van der Waals surface area contributed by atoms with Gasteiger partial charge in [0.15, 0.2) is 0 Å². The Hall–Kier alpha value is -2.74. The lowest BCUT2D eigenvalue weighted by Crippen LogP contribution is -2.43. The Labute approximate surface area is 174 Å². The quantitative estimate of drug-likeness (QED) is 0.814. The first-order chi connectivity index (χ1) is 14.5. The van der Waals surface area contributed by atoms with Gasteiger partial charge in [-0.05, 0) is 44.2 Å². The molecule has 2 aliphatic heterocycles. The van der Waals surface area contributed by atoms with E-state index < -0.39 is 5.82 Å². The average molecular weight is 414 g/mol. The molecular formula is C22H27FN4O3. The minimum atomic E-state index is -0.422. The van der Waals surface area contributed by atoms with Crippen molar-refractivity contribution >= 4 is 17.3 Å². The van der Waals surface area contributed by atoms with Crippen LogP contribution in [0.4, 0.5) is 15.8 Å². The van der Waals surface area contributed by atoms with Gasteiger partial charge < -0.3 is 15.0 Å². The molecule has 8 heteroatoms. The molecule has 0 bridgehead atoms. The highest BCUT2D eigenvalue weighted by atomic mass is 19.1. The fraction of sp³-hybridized carbons (Fsp3) is 0.500. The summed E-state index contributed by atoms with van der Waals surface area (Å²) in [7, 11) is 0. The number of hydrogen-bond acceptors (Lipinski definition) is 5. The molecule has 0 unspecified atom stereocenters. The van der Waals surface area contributed by atoms with E-state index in [9.17, 15) is 14.0 Å². The van der Waals surface area contributed by atoms with Crippen molar-refractivity contribution in [1.82, 2.24) is 9.78 Å². The van der Waals surface area contributed by atoms with E-state index in [4.69, 9.17) is 4.74 Å². The highest BCUT2D eigenvalue weighted by Crippen LogP contribution is 2.28. The van der Waals surface area contributed by atoms with E-state index in [1.165, 1.54) is 15.6 Å². The van der Waals surface area contributed by atoms with Crippen molar-refractivity contribution < 1.29 is 13.9 Å². The van der Waals surface area contributed by atoms with E-state index in [1.807, 2.05) is 0 Å². The van der Waals surface area contributed by atoms with Gasteiger partial charge in [-0.2, -0.15) is 5.10 Å². The van der Waals surface area contributed by atoms with Gasteiger partial charge in [0.2, 0.25) is 5.91 Å². The molecule has 4 rings (SSSR count). The van der Waals surface area contributed by atoms with Gasteiger partial charge in [-0.25, -0.2) is 9.07 Å². The summed E-state index contributed by atoms with van der Waals surface area (Å²) in [4.78, 5) is 27.0. The summed E-state index contributed by atoms with van der Waals surface area (Å²) >= 11 is 0. The molecule has 3 heterocycles. The van der Waals surface area contributed by atoms with Crippen LogP contribution in [0.3, 0.4) is 0 Å². The first-order valence-electron chi connectivity index (χ1n) is 10.5. The second-order valence-electron chi connectivity index (χ2n) is 8.04. The van der Waals surface area contributed by atoms with Crippen LogP contribution in [0.25, 0.3) is 0 Å². The van der Waals surface area contributed by atoms with Crippen LogP contribution in [0.2, 0.25) is 0 Å². The second-order valence-corrected chi connectivity index (χ2v) is 8.04. The van der Waals surface area contributed by atoms with E-state index in [-0.39, 0.29) is 29.6 Å². The maximum absolute atomic E-state index is 14.1. The smallest absolute Gasteiger partial charge is 0.272 e. The van der Waals surface area contributed by atoms with Crippen molar-refractivity contribution in [2.45, 2.75) is 38.6 Å². The Bertz CT molecular complexity index is 971. The van der Waals surface area contributed by atoms with Crippen molar-refractivity contribution in [1.29, 1.82) is 0 Å². The Kier molecular flexibility index (Phi) is 6.13. The van der Waals surface area contributed by atoms with Crippen molar-refractivity contribution in [3.05, 3.63) is 52.2 Å². The van der Waals surface area contributed by atoms with Gasteiger partial charge in [-0.15, -0.1) is 0 Å². The molecule has 2 saturated heterocycles. The molecule has 1 N–H and O–H groups in total. The third-order valence-corrected chi connectivity index (χ3v) is 5.97. The van der Waals surface area contributed by atoms with Gasteiger partial charge in [-0.3, -0.25) is 9.59 Å². The van der Waals surface area contributed by atoms with E-state index in [1.54, 1.807) is 31.3 Å². The van der Waals surface area contributed by atoms with Crippen LogP contribution >= 0.6 is 0 Å². The number of para-hydroxylation sites is 1. The van der Waals surface area contributed by atoms with Gasteiger partial charge in [-0.1, -0.05) is 12.1 Å². The fourth-order valence-electron chi connectivity index (χ4n) is 4.17. The third-order valence-electron chi connectivity index (χ3n) is 5.97. The first kappa shape index (κ1) is 20.5. The SMILES string of the molecule is Cc1c(NC[C@H]2CCCOC2)cnn([C@H]2CCN(c3ccccc3F)C(=O)C2)c1=O. The molecule has 2 aliphatic rings. The molecule has 1 aromatic heterocycles. The van der Waals surface area contributed by atoms with Crippen LogP contribution in [-0.2, 0) is 9.53 Å². The van der Waals surface area contributed by atoms with Crippen molar-refractivity contribution in [3.8, 4) is 0 Å². The molecule has 1 amide bonds. The van der Waals surface area contributed by atoms with Gasteiger partial charge in [0.05, 0.1) is 30.2 Å². The molecule has 2 atom stereocenters. The lowest BCUT2D eigenvalue weighted by atomic mass is 10.0. The number of nitrogens with zero attached hydrogens (tertiary/aromatic N) is 3. The highest BCUT2D eigenvalue weighted by Gasteiger charge is 2.30. The Morgan fingerprint density at radius 2 is 2.10 bits per heavy atom. The number of halogens is 1. The normalized spacial score (nSPS) is 22.2. The van der Waals surface area contributed by atoms with Crippen LogP contribution in [0, 0.1) is 18.7 Å². The molecule has 7 nitrogen and oxygen atoms in total. The van der Waals surface area contributed by atoms with Crippen LogP contribution in [0.5, 0.6) is 0 Å². The molecule has 0 aliphatic carbocycles. The fourth-order valence-corrected chi connectivity index (χ4v) is 4.17. The average Bonchev–Trinajstić information content (AvgIpc) is 2.76. The molecule has 1 aromatic carbocycles. The number of carbonyl (C=O) groups excluding carboxylic acids is 1. The zero-order valence-corrected chi connectivity index (χ0v) is 17.1. The van der Waals surface area contributed by atoms with Gasteiger partial charge >= 0.3 is 0 Å². The molecular weight excluding hydrogens is 387 g/mol. The van der Waals surface area contributed by atoms with Crippen molar-refractivity contribution in [2.75, 3.05) is 36.5 Å². The van der Waals surface area contributed by atoms with E-state index in [2.05, 4.69) is 10.4 Å². The van der Waals surface area contributed by atoms with Gasteiger partial charge in [0.1, 0.15) is 5.82 Å². The summed E-state index contributed by atoms with van der Waals surface area (Å²) in [5.74, 6) is -0.197. The Morgan fingerprint density at radius 1 is 1.27 bits per heavy atom. The topological polar surface area (TPSA) is 76.5 Å². The third kappa shape index (κ3) is 4.23. The summed E-state index contributed by atoms with van der Waals surface area (Å²) < 4.78 is 21.0. The minimum absolute atomic E-state index is 0.118. The Morgan fingerprint density at radius 3 is 2.83 bits per heavy atom. The number of aromatic nitrogens is 2. The standard InChI is InChI=1S/C22H27FN4O3/c1-15-19(24-12-16-5-4-10-30-14-16)13-25-27(22(15)29)17-8-9-26(21(28)11-17)20-7-3-2-6-18(20)23/h2-3,6-7,13,16-17,24H,4-5,8-12,14H2,1H3/t16-,17+/m1/s1. The lowest BCUT2D eigenvalue weighted by Gasteiger charge is -2.32. The van der Waals surface area contributed by atoms with Gasteiger partial charge in [0, 0.05) is 31.7 Å². The van der Waals surface area contributed by atoms with Crippen LogP contribution in [-0.4, -0.2) is 42.0 Å². The number of carbonyl (C=O) groups is 1. The number of hydrogen-bond donors (Lipinski definition) is 1. The number of rotatable bonds is 5. The van der Waals surface area contributed by atoms with E-state index >= 15 is 0 Å². The number of ether oxygens (including phenoxy) is 1. The summed E-state index contributed by atoms with van der Waals surface area (Å²) in [5.41, 5.74) is 1.39. The second kappa shape index (κ2) is 8.95. The lowest BCUT2D eigenvalue weighted by molar-refractivity contribution is -0.120. The minimum Gasteiger partial charge on any atom is -0.383 e. The number of benzene rings is 1. The molecule has 30 heavy (non-hydrogen) atoms. The number of nitrogens with one attached hydrogen (secondary N) is 1. The zero-order valence-electron chi connectivity index (χ0n) is 17.1. The van der Waals surface area contributed by atoms with Crippen molar-refractivity contribution in [2.24, 2.45) is 5.92 Å². The van der Waals surface area contributed by atoms with Crippen LogP contribution < -0.4 is 15.8 Å². The Balaban J connectivity index is 1.44. The molecule has 2 aromatic rings. The molecule has 0 spiro atoms. The number of anilines is 2. The predicted octanol–water partition coefficient (Wildman–Crippen LogP) is 2.90. The molecule has 0 radical (unpaired) electrons. The maximum Gasteiger partial charge on any atom is 0.272 e. The summed E-state index contributed by atoms with van der Waals surface area (Å²) in [6.45, 7) is 4.42. The predicted molar refractivity (Wildman–Crippen MR) is 112 cm³/mol. The largest absolute Gasteiger partial charge is 0.383 e. The number of amides is 1. The summed E-state index contributed by atoms with van der Waals surface area (Å²) in [6, 6.07) is 5.92. The first-order valence-corrected chi connectivity index (χ1v) is 10.5. The molecule has 2 fully saturated rings. The van der Waals surface area contributed by atoms with Crippen LogP contribution in [0.15, 0.2) is 35.3 Å². The zero-order chi connectivity index (χ0) is 21.1. The van der Waals surface area contributed by atoms with Gasteiger partial charge in [0.25, 0.3) is 5.56 Å². The molecule has 0 saturated carbocycles.